The van der Waals surface area contributed by atoms with Crippen LogP contribution in [0, 0.1) is 0 Å². The third-order valence-corrected chi connectivity index (χ3v) is 4.01. The van der Waals surface area contributed by atoms with Crippen molar-refractivity contribution in [2.45, 2.75) is 19.1 Å². The van der Waals surface area contributed by atoms with Crippen molar-refractivity contribution in [3.8, 4) is 0 Å². The monoisotopic (exact) mass is 287 g/mol. The van der Waals surface area contributed by atoms with Crippen molar-refractivity contribution < 1.29 is 23.1 Å². The number of hydrogen-bond donors (Lipinski definition) is 2. The summed E-state index contributed by atoms with van der Waals surface area (Å²) in [6, 6.07) is 7.71. The van der Waals surface area contributed by atoms with Gasteiger partial charge in [-0.25, -0.2) is 13.1 Å². The maximum Gasteiger partial charge on any atom is 0.321 e. The molecule has 0 amide bonds. The fraction of sp³-hybridized carbons (Fsp3) is 0.417. The standard InChI is InChI=1S/C12H17NO5S/c1-9(12(14)15)13-19(16,17)8-11(18-2)10-6-4-3-5-7-10/h3-7,9,11,13H,8H2,1-2H3,(H,14,15). The molecule has 0 aromatic heterocycles. The molecule has 0 radical (unpaired) electrons. The van der Waals surface area contributed by atoms with Crippen LogP contribution >= 0.6 is 0 Å². The Morgan fingerprint density at radius 2 is 1.95 bits per heavy atom. The van der Waals surface area contributed by atoms with Crippen molar-refractivity contribution in [3.05, 3.63) is 35.9 Å². The molecule has 2 atom stereocenters. The van der Waals surface area contributed by atoms with Crippen LogP contribution < -0.4 is 4.72 Å². The van der Waals surface area contributed by atoms with Crippen LogP contribution in [0.25, 0.3) is 0 Å². The van der Waals surface area contributed by atoms with Crippen LogP contribution in [0.3, 0.4) is 0 Å². The predicted octanol–water partition coefficient (Wildman–Crippen LogP) is 0.767. The normalized spacial score (nSPS) is 14.8. The van der Waals surface area contributed by atoms with Gasteiger partial charge in [0.25, 0.3) is 0 Å². The molecule has 0 bridgehead atoms. The topological polar surface area (TPSA) is 92.7 Å². The van der Waals surface area contributed by atoms with Crippen molar-refractivity contribution in [2.24, 2.45) is 0 Å². The van der Waals surface area contributed by atoms with E-state index in [1.165, 1.54) is 14.0 Å². The molecule has 6 nitrogen and oxygen atoms in total. The first-order chi connectivity index (χ1) is 8.85. The fourth-order valence-electron chi connectivity index (χ4n) is 1.54. The number of carboxylic acids is 1. The lowest BCUT2D eigenvalue weighted by atomic mass is 10.1. The van der Waals surface area contributed by atoms with Crippen LogP contribution in [0.1, 0.15) is 18.6 Å². The Morgan fingerprint density at radius 3 is 2.42 bits per heavy atom. The molecule has 1 aromatic carbocycles. The molecule has 1 rings (SSSR count). The molecule has 0 saturated carbocycles. The van der Waals surface area contributed by atoms with E-state index in [9.17, 15) is 13.2 Å². The van der Waals surface area contributed by atoms with Crippen molar-refractivity contribution in [1.29, 1.82) is 0 Å². The molecule has 0 aliphatic heterocycles. The van der Waals surface area contributed by atoms with E-state index in [4.69, 9.17) is 9.84 Å². The van der Waals surface area contributed by atoms with E-state index in [-0.39, 0.29) is 5.75 Å². The summed E-state index contributed by atoms with van der Waals surface area (Å²) in [6.45, 7) is 1.27. The Kier molecular flexibility index (Phi) is 5.46. The molecular formula is C12H17NO5S. The quantitative estimate of drug-likeness (QED) is 0.772. The molecule has 0 spiro atoms. The van der Waals surface area contributed by atoms with Crippen molar-refractivity contribution in [3.63, 3.8) is 0 Å². The summed E-state index contributed by atoms with van der Waals surface area (Å²) in [7, 11) is -2.33. The Balaban J connectivity index is 2.78. The highest BCUT2D eigenvalue weighted by Gasteiger charge is 2.24. The maximum absolute atomic E-state index is 11.8. The van der Waals surface area contributed by atoms with Gasteiger partial charge in [-0.15, -0.1) is 0 Å². The summed E-state index contributed by atoms with van der Waals surface area (Å²) in [5.74, 6) is -1.55. The second-order valence-corrected chi connectivity index (χ2v) is 5.89. The van der Waals surface area contributed by atoms with Crippen LogP contribution in [-0.2, 0) is 19.6 Å². The molecule has 2 unspecified atom stereocenters. The van der Waals surface area contributed by atoms with E-state index in [2.05, 4.69) is 4.72 Å². The first kappa shape index (κ1) is 15.6. The van der Waals surface area contributed by atoms with Gasteiger partial charge in [0.15, 0.2) is 0 Å². The molecule has 2 N–H and O–H groups in total. The lowest BCUT2D eigenvalue weighted by Gasteiger charge is -2.17. The largest absolute Gasteiger partial charge is 0.480 e. The van der Waals surface area contributed by atoms with E-state index in [1.54, 1.807) is 24.3 Å². The molecule has 0 aliphatic carbocycles. The molecule has 19 heavy (non-hydrogen) atoms. The third kappa shape index (κ3) is 4.98. The minimum Gasteiger partial charge on any atom is -0.480 e. The first-order valence-electron chi connectivity index (χ1n) is 5.66. The second-order valence-electron chi connectivity index (χ2n) is 4.09. The Bertz CT molecular complexity index is 514. The fourth-order valence-corrected chi connectivity index (χ4v) is 3.00. The van der Waals surface area contributed by atoms with Crippen molar-refractivity contribution >= 4 is 16.0 Å². The third-order valence-electron chi connectivity index (χ3n) is 2.55. The molecular weight excluding hydrogens is 270 g/mol. The predicted molar refractivity (Wildman–Crippen MR) is 70.2 cm³/mol. The van der Waals surface area contributed by atoms with Gasteiger partial charge in [0.05, 0.1) is 11.9 Å². The van der Waals surface area contributed by atoms with E-state index < -0.39 is 28.1 Å². The molecule has 0 fully saturated rings. The molecule has 0 aliphatic rings. The number of carboxylic acid groups (broad SMARTS) is 1. The SMILES string of the molecule is COC(CS(=O)(=O)NC(C)C(=O)O)c1ccccc1. The van der Waals surface area contributed by atoms with Crippen LogP contribution in [0.2, 0.25) is 0 Å². The van der Waals surface area contributed by atoms with Gasteiger partial charge in [0, 0.05) is 7.11 Å². The number of nitrogens with one attached hydrogen (secondary N) is 1. The molecule has 106 valence electrons. The smallest absolute Gasteiger partial charge is 0.321 e. The average Bonchev–Trinajstić information content (AvgIpc) is 2.36. The lowest BCUT2D eigenvalue weighted by molar-refractivity contribution is -0.138. The molecule has 1 aromatic rings. The van der Waals surface area contributed by atoms with Crippen LogP contribution in [0.5, 0.6) is 0 Å². The number of sulfonamides is 1. The van der Waals surface area contributed by atoms with Gasteiger partial charge in [0.1, 0.15) is 6.04 Å². The number of rotatable bonds is 7. The van der Waals surface area contributed by atoms with Crippen LogP contribution in [-0.4, -0.2) is 38.4 Å². The zero-order chi connectivity index (χ0) is 14.5. The average molecular weight is 287 g/mol. The molecule has 0 saturated heterocycles. The summed E-state index contributed by atoms with van der Waals surface area (Å²) in [5.41, 5.74) is 0.721. The maximum atomic E-state index is 11.8. The Morgan fingerprint density at radius 1 is 1.37 bits per heavy atom. The minimum absolute atomic E-state index is 0.328. The summed E-state index contributed by atoms with van der Waals surface area (Å²) >= 11 is 0. The second kappa shape index (κ2) is 6.65. The van der Waals surface area contributed by atoms with Gasteiger partial charge in [-0.3, -0.25) is 4.79 Å². The van der Waals surface area contributed by atoms with E-state index in [0.29, 0.717) is 0 Å². The highest BCUT2D eigenvalue weighted by molar-refractivity contribution is 7.89. The number of ether oxygens (including phenoxy) is 1. The van der Waals surface area contributed by atoms with E-state index >= 15 is 0 Å². The summed E-state index contributed by atoms with van der Waals surface area (Å²) in [6.07, 6.45) is -0.639. The summed E-state index contributed by atoms with van der Waals surface area (Å²) in [5, 5.41) is 8.70. The van der Waals surface area contributed by atoms with Gasteiger partial charge in [-0.05, 0) is 12.5 Å². The number of carbonyl (C=O) groups is 1. The summed E-state index contributed by atoms with van der Waals surface area (Å²) in [4.78, 5) is 10.6. The molecule has 7 heteroatoms. The summed E-state index contributed by atoms with van der Waals surface area (Å²) < 4.78 is 30.9. The number of benzene rings is 1. The van der Waals surface area contributed by atoms with Crippen LogP contribution in [0.4, 0.5) is 0 Å². The van der Waals surface area contributed by atoms with E-state index in [0.717, 1.165) is 5.56 Å². The van der Waals surface area contributed by atoms with Crippen molar-refractivity contribution in [2.75, 3.05) is 12.9 Å². The Hall–Kier alpha value is -1.44. The number of hydrogen-bond acceptors (Lipinski definition) is 4. The lowest BCUT2D eigenvalue weighted by Crippen LogP contribution is -2.40. The van der Waals surface area contributed by atoms with Gasteiger partial charge >= 0.3 is 5.97 Å². The van der Waals surface area contributed by atoms with Crippen LogP contribution in [0.15, 0.2) is 30.3 Å². The number of aliphatic carboxylic acids is 1. The van der Waals surface area contributed by atoms with Gasteiger partial charge in [-0.1, -0.05) is 30.3 Å². The van der Waals surface area contributed by atoms with Gasteiger partial charge in [0.2, 0.25) is 10.0 Å². The highest BCUT2D eigenvalue weighted by Crippen LogP contribution is 2.17. The Labute approximate surface area is 112 Å². The molecule has 0 heterocycles. The van der Waals surface area contributed by atoms with Gasteiger partial charge < -0.3 is 9.84 Å². The first-order valence-corrected chi connectivity index (χ1v) is 7.31. The van der Waals surface area contributed by atoms with Gasteiger partial charge in [-0.2, -0.15) is 0 Å². The minimum atomic E-state index is -3.74. The zero-order valence-corrected chi connectivity index (χ0v) is 11.6. The van der Waals surface area contributed by atoms with Crippen molar-refractivity contribution in [1.82, 2.24) is 4.72 Å². The highest BCUT2D eigenvalue weighted by atomic mass is 32.2. The number of methoxy groups -OCH3 is 1. The van der Waals surface area contributed by atoms with E-state index in [1.807, 2.05) is 6.07 Å². The zero-order valence-electron chi connectivity index (χ0n) is 10.7.